The number of anilines is 2. The number of rotatable bonds is 8. The Balaban J connectivity index is 0.00000324. The fraction of sp³-hybridized carbons (Fsp3) is 0.130. The van der Waals surface area contributed by atoms with E-state index in [0.29, 0.717) is 16.7 Å². The molecule has 0 spiro atoms. The first kappa shape index (κ1) is 26.5. The van der Waals surface area contributed by atoms with Gasteiger partial charge in [0.05, 0.1) is 22.4 Å². The second kappa shape index (κ2) is 12.0. The molecule has 0 saturated carbocycles. The van der Waals surface area contributed by atoms with Crippen LogP contribution in [0.25, 0.3) is 0 Å². The summed E-state index contributed by atoms with van der Waals surface area (Å²) in [6, 6.07) is 11.7. The molecule has 0 radical (unpaired) electrons. The Hall–Kier alpha value is -2.14. The zero-order valence-corrected chi connectivity index (χ0v) is 23.0. The van der Waals surface area contributed by atoms with Gasteiger partial charge in [0.25, 0.3) is 0 Å². The van der Waals surface area contributed by atoms with Gasteiger partial charge < -0.3 is 20.0 Å². The predicted octanol–water partition coefficient (Wildman–Crippen LogP) is 2.65. The molecule has 0 fully saturated rings. The minimum Gasteiger partial charge on any atom is -0.545 e. The molecule has 4 aromatic rings. The van der Waals surface area contributed by atoms with E-state index < -0.39 is 5.97 Å². The van der Waals surface area contributed by atoms with Gasteiger partial charge in [-0.25, -0.2) is 9.97 Å². The van der Waals surface area contributed by atoms with E-state index in [4.69, 9.17) is 16.3 Å². The maximum absolute atomic E-state index is 11.3. The van der Waals surface area contributed by atoms with Crippen LogP contribution in [0.2, 0.25) is 5.02 Å². The Morgan fingerprint density at radius 2 is 2.03 bits per heavy atom. The van der Waals surface area contributed by atoms with Crippen LogP contribution in [0.3, 0.4) is 0 Å². The number of carboxylic acids is 1. The third-order valence-corrected chi connectivity index (χ3v) is 6.75. The summed E-state index contributed by atoms with van der Waals surface area (Å²) >= 11 is 9.28. The molecule has 34 heavy (non-hydrogen) atoms. The molecule has 1 aromatic carbocycles. The third kappa shape index (κ3) is 6.71. The van der Waals surface area contributed by atoms with Crippen molar-refractivity contribution in [2.75, 3.05) is 5.32 Å². The summed E-state index contributed by atoms with van der Waals surface area (Å²) in [4.78, 5) is 25.5. The number of hydrogen-bond acceptors (Lipinski definition) is 9. The molecular weight excluding hydrogens is 503 g/mol. The maximum Gasteiger partial charge on any atom is 1.00 e. The Kier molecular flexibility index (Phi) is 9.35. The van der Waals surface area contributed by atoms with Crippen LogP contribution in [0.4, 0.5) is 10.9 Å². The fourth-order valence-corrected chi connectivity index (χ4v) is 4.68. The van der Waals surface area contributed by atoms with Crippen LogP contribution in [-0.2, 0) is 0 Å². The molecule has 0 aliphatic carbocycles. The number of halogens is 1. The van der Waals surface area contributed by atoms with Crippen molar-refractivity contribution in [1.82, 2.24) is 15.0 Å². The van der Waals surface area contributed by atoms with Gasteiger partial charge in [-0.15, -0.1) is 23.1 Å². The van der Waals surface area contributed by atoms with E-state index >= 15 is 0 Å². The summed E-state index contributed by atoms with van der Waals surface area (Å²) in [5, 5.41) is 17.4. The molecule has 0 amide bonds. The summed E-state index contributed by atoms with van der Waals surface area (Å²) < 4.78 is 6.04. The van der Waals surface area contributed by atoms with E-state index in [1.807, 2.05) is 36.6 Å². The van der Waals surface area contributed by atoms with Crippen molar-refractivity contribution in [1.29, 1.82) is 0 Å². The summed E-state index contributed by atoms with van der Waals surface area (Å²) in [6.45, 7) is 3.95. The van der Waals surface area contributed by atoms with Crippen molar-refractivity contribution < 1.29 is 44.2 Å². The topological polar surface area (TPSA) is 100 Å². The summed E-state index contributed by atoms with van der Waals surface area (Å²) in [5.74, 6) is -0.342. The van der Waals surface area contributed by atoms with Crippen molar-refractivity contribution >= 4 is 51.6 Å². The number of hydrogen-bond donors (Lipinski definition) is 1. The Bertz CT molecular complexity index is 1290. The molecule has 3 heterocycles. The molecule has 1 atom stereocenters. The van der Waals surface area contributed by atoms with Crippen LogP contribution >= 0.6 is 34.7 Å². The van der Waals surface area contributed by atoms with Gasteiger partial charge in [-0.3, -0.25) is 4.98 Å². The van der Waals surface area contributed by atoms with Crippen LogP contribution in [-0.4, -0.2) is 20.9 Å². The first-order chi connectivity index (χ1) is 15.9. The van der Waals surface area contributed by atoms with Gasteiger partial charge in [0, 0.05) is 33.5 Å². The van der Waals surface area contributed by atoms with Crippen LogP contribution in [0, 0.1) is 6.92 Å². The van der Waals surface area contributed by atoms with Gasteiger partial charge in [0.2, 0.25) is 0 Å². The van der Waals surface area contributed by atoms with Crippen molar-refractivity contribution in [2.24, 2.45) is 0 Å². The number of nitrogens with zero attached hydrogens (tertiary/aromatic N) is 3. The van der Waals surface area contributed by atoms with Gasteiger partial charge >= 0.3 is 29.6 Å². The number of pyridine rings is 2. The van der Waals surface area contributed by atoms with E-state index in [1.54, 1.807) is 24.2 Å². The van der Waals surface area contributed by atoms with Gasteiger partial charge in [-0.1, -0.05) is 23.7 Å². The van der Waals surface area contributed by atoms with Crippen molar-refractivity contribution in [3.8, 4) is 11.5 Å². The van der Waals surface area contributed by atoms with Crippen LogP contribution in [0.5, 0.6) is 11.5 Å². The number of benzene rings is 1. The summed E-state index contributed by atoms with van der Waals surface area (Å²) in [6.07, 6.45) is 3.49. The standard InChI is InChI=1S/C23H19ClN4O3S2.Na/c1-13-12-32-23(27-13)28-21-20(31-19-9-15(22(29)30)6-7-17(19)24)10-16(11-26-21)33-14(2)18-5-3-4-8-25-18;/h3-12,14H,1-2H3,(H,29,30)(H,26,27,28);/q;+1/p-1. The van der Waals surface area contributed by atoms with Crippen LogP contribution in [0.1, 0.15) is 33.9 Å². The molecule has 3 aromatic heterocycles. The van der Waals surface area contributed by atoms with Crippen molar-refractivity contribution in [2.45, 2.75) is 24.0 Å². The minimum absolute atomic E-state index is 0. The number of aromatic carboxylic acids is 1. The maximum atomic E-state index is 11.3. The first-order valence-corrected chi connectivity index (χ1v) is 12.0. The average molecular weight is 521 g/mol. The van der Waals surface area contributed by atoms with E-state index in [0.717, 1.165) is 16.3 Å². The summed E-state index contributed by atoms with van der Waals surface area (Å²) in [7, 11) is 0. The second-order valence-corrected chi connectivity index (χ2v) is 9.67. The van der Waals surface area contributed by atoms with Gasteiger partial charge in [-0.05, 0) is 44.2 Å². The monoisotopic (exact) mass is 520 g/mol. The normalized spacial score (nSPS) is 11.4. The van der Waals surface area contributed by atoms with E-state index in [-0.39, 0.29) is 51.1 Å². The van der Waals surface area contributed by atoms with E-state index in [2.05, 4.69) is 27.2 Å². The summed E-state index contributed by atoms with van der Waals surface area (Å²) in [5.41, 5.74) is 1.78. The second-order valence-electron chi connectivity index (χ2n) is 6.99. The number of ether oxygens (including phenoxy) is 1. The van der Waals surface area contributed by atoms with Crippen LogP contribution in [0.15, 0.2) is 65.1 Å². The molecule has 11 heteroatoms. The number of carbonyl (C=O) groups is 1. The number of carbonyl (C=O) groups excluding carboxylic acids is 1. The number of thiazole rings is 1. The Labute approximate surface area is 232 Å². The number of thioether (sulfide) groups is 1. The minimum atomic E-state index is -1.32. The average Bonchev–Trinajstić information content (AvgIpc) is 3.22. The quantitative estimate of drug-likeness (QED) is 0.279. The zero-order valence-electron chi connectivity index (χ0n) is 18.6. The van der Waals surface area contributed by atoms with Crippen molar-refractivity contribution in [3.05, 3.63) is 82.2 Å². The largest absolute Gasteiger partial charge is 1.00 e. The Morgan fingerprint density at radius 3 is 2.71 bits per heavy atom. The fourth-order valence-electron chi connectivity index (χ4n) is 2.88. The number of aromatic nitrogens is 3. The smallest absolute Gasteiger partial charge is 0.545 e. The van der Waals surface area contributed by atoms with Gasteiger partial charge in [0.1, 0.15) is 5.75 Å². The number of nitrogens with one attached hydrogen (secondary N) is 1. The molecule has 4 rings (SSSR count). The number of aryl methyl sites for hydroxylation is 1. The SMILES string of the molecule is Cc1csc(Nc2ncc(SC(C)c3ccccn3)cc2Oc2cc(C(=O)[O-])ccc2Cl)n1.[Na+]. The number of carboxylic acid groups (broad SMARTS) is 1. The first-order valence-electron chi connectivity index (χ1n) is 9.84. The van der Waals surface area contributed by atoms with Gasteiger partial charge in [-0.2, -0.15) is 0 Å². The molecule has 0 aliphatic rings. The Morgan fingerprint density at radius 1 is 1.21 bits per heavy atom. The molecule has 1 unspecified atom stereocenters. The predicted molar refractivity (Wildman–Crippen MR) is 129 cm³/mol. The molecule has 168 valence electrons. The molecule has 7 nitrogen and oxygen atoms in total. The molecule has 0 aliphatic heterocycles. The van der Waals surface area contributed by atoms with Gasteiger partial charge in [0.15, 0.2) is 16.7 Å². The van der Waals surface area contributed by atoms with E-state index in [9.17, 15) is 9.90 Å². The zero-order chi connectivity index (χ0) is 23.4. The van der Waals surface area contributed by atoms with E-state index in [1.165, 1.54) is 29.5 Å². The van der Waals surface area contributed by atoms with Crippen molar-refractivity contribution in [3.63, 3.8) is 0 Å². The molecule has 0 saturated heterocycles. The molecular formula is C23H18ClN4NaO3S2. The molecule has 1 N–H and O–H groups in total. The molecule has 0 bridgehead atoms. The van der Waals surface area contributed by atoms with Crippen LogP contribution < -0.4 is 44.7 Å². The third-order valence-electron chi connectivity index (χ3n) is 4.48.